The summed E-state index contributed by atoms with van der Waals surface area (Å²) < 4.78 is 22.9. The molecule has 1 aliphatic heterocycles. The van der Waals surface area contributed by atoms with Gasteiger partial charge in [0.05, 0.1) is 0 Å². The van der Waals surface area contributed by atoms with Gasteiger partial charge in [-0.2, -0.15) is 0 Å². The van der Waals surface area contributed by atoms with E-state index in [4.69, 9.17) is 0 Å². The third-order valence-electron chi connectivity index (χ3n) is 2.49. The molecule has 13 heavy (non-hydrogen) atoms. The van der Waals surface area contributed by atoms with E-state index in [1.165, 1.54) is 19.3 Å². The fourth-order valence-corrected chi connectivity index (χ4v) is 2.05. The van der Waals surface area contributed by atoms with Crippen LogP contribution in [0.25, 0.3) is 0 Å². The number of nitrogens with one attached hydrogen (secondary N) is 2. The van der Waals surface area contributed by atoms with Gasteiger partial charge in [-0.15, -0.1) is 0 Å². The molecule has 1 heterocycles. The van der Waals surface area contributed by atoms with E-state index >= 15 is 0 Å². The van der Waals surface area contributed by atoms with Crippen molar-refractivity contribution in [3.63, 3.8) is 0 Å². The highest BCUT2D eigenvalue weighted by atomic mass is 32.2. The molecule has 1 saturated heterocycles. The Balaban J connectivity index is 2.11. The molecule has 0 aromatic carbocycles. The number of hydrogen-bond donors (Lipinski definition) is 3. The quantitative estimate of drug-likeness (QED) is 0.562. The van der Waals surface area contributed by atoms with E-state index < -0.39 is 10.9 Å². The van der Waals surface area contributed by atoms with Gasteiger partial charge in [0, 0.05) is 6.54 Å². The summed E-state index contributed by atoms with van der Waals surface area (Å²) >= 11 is 0. The lowest BCUT2D eigenvalue weighted by Gasteiger charge is -2.11. The van der Waals surface area contributed by atoms with Crippen molar-refractivity contribution in [2.24, 2.45) is 5.92 Å². The maximum Gasteiger partial charge on any atom is 0.201 e. The summed E-state index contributed by atoms with van der Waals surface area (Å²) in [5.41, 5.74) is 0. The Kier molecular flexibility index (Phi) is 5.34. The fourth-order valence-electron chi connectivity index (χ4n) is 1.74. The van der Waals surface area contributed by atoms with Gasteiger partial charge in [-0.05, 0) is 44.7 Å². The summed E-state index contributed by atoms with van der Waals surface area (Å²) in [6.07, 6.45) is 4.60. The van der Waals surface area contributed by atoms with Gasteiger partial charge in [-0.25, -0.2) is 13.1 Å². The maximum atomic E-state index is 10.2. The van der Waals surface area contributed by atoms with Gasteiger partial charge in [0.2, 0.25) is 10.9 Å². The second kappa shape index (κ2) is 6.34. The Bertz CT molecular complexity index is 190. The zero-order valence-corrected chi connectivity index (χ0v) is 8.69. The molecule has 0 radical (unpaired) electrons. The molecular weight excluding hydrogens is 188 g/mol. The van der Waals surface area contributed by atoms with Crippen molar-refractivity contribution in [2.45, 2.75) is 25.7 Å². The van der Waals surface area contributed by atoms with Crippen LogP contribution in [0.1, 0.15) is 25.7 Å². The Hall–Kier alpha value is -0.130. The van der Waals surface area contributed by atoms with Crippen LogP contribution in [0, 0.1) is 5.92 Å². The Morgan fingerprint density at radius 1 is 1.31 bits per heavy atom. The van der Waals surface area contributed by atoms with Crippen molar-refractivity contribution in [2.75, 3.05) is 19.6 Å². The van der Waals surface area contributed by atoms with E-state index in [1.807, 2.05) is 0 Å². The van der Waals surface area contributed by atoms with Crippen LogP contribution in [0.3, 0.4) is 0 Å². The zero-order valence-electron chi connectivity index (χ0n) is 7.79. The minimum atomic E-state index is -2.40. The first-order chi connectivity index (χ1) is 6.29. The summed E-state index contributed by atoms with van der Waals surface area (Å²) in [5.74, 6) is 0.692. The number of thiol groups is 1. The molecule has 78 valence electrons. The highest BCUT2D eigenvalue weighted by molar-refractivity contribution is 7.70. The topological polar surface area (TPSA) is 58.2 Å². The van der Waals surface area contributed by atoms with Crippen LogP contribution in [-0.4, -0.2) is 28.1 Å². The van der Waals surface area contributed by atoms with Gasteiger partial charge in [0.25, 0.3) is 0 Å². The normalized spacial score (nSPS) is 24.5. The molecule has 0 saturated carbocycles. The van der Waals surface area contributed by atoms with Crippen molar-refractivity contribution >= 4 is 10.9 Å². The predicted octanol–water partition coefficient (Wildman–Crippen LogP) is -0.118. The predicted molar refractivity (Wildman–Crippen MR) is 53.1 cm³/mol. The Morgan fingerprint density at radius 3 is 2.92 bits per heavy atom. The summed E-state index contributed by atoms with van der Waals surface area (Å²) in [4.78, 5) is 0. The molecule has 1 aliphatic rings. The second-order valence-electron chi connectivity index (χ2n) is 3.50. The van der Waals surface area contributed by atoms with Gasteiger partial charge < -0.3 is 5.32 Å². The van der Waals surface area contributed by atoms with Crippen molar-refractivity contribution in [3.05, 3.63) is 0 Å². The summed E-state index contributed by atoms with van der Waals surface area (Å²) in [5, 5.41) is 3.34. The van der Waals surface area contributed by atoms with Gasteiger partial charge >= 0.3 is 0 Å². The fraction of sp³-hybridized carbons (Fsp3) is 1.00. The summed E-state index contributed by atoms with van der Waals surface area (Å²) in [6.45, 7) is 2.79. The maximum absolute atomic E-state index is 10.2. The molecule has 0 amide bonds. The molecule has 0 aliphatic carbocycles. The van der Waals surface area contributed by atoms with E-state index in [-0.39, 0.29) is 0 Å². The monoisotopic (exact) mass is 206 g/mol. The molecule has 1 rings (SSSR count). The smallest absolute Gasteiger partial charge is 0.201 e. The summed E-state index contributed by atoms with van der Waals surface area (Å²) in [6, 6.07) is 0. The van der Waals surface area contributed by atoms with Crippen LogP contribution in [-0.2, 0) is 10.9 Å². The molecule has 1 fully saturated rings. The lowest BCUT2D eigenvalue weighted by atomic mass is 9.97. The molecule has 1 atom stereocenters. The van der Waals surface area contributed by atoms with E-state index in [2.05, 4.69) is 10.0 Å². The number of hydrogen-bond acceptors (Lipinski definition) is 3. The average Bonchev–Trinajstić information content (AvgIpc) is 2.32. The minimum Gasteiger partial charge on any atom is -0.317 e. The lowest BCUT2D eigenvalue weighted by molar-refractivity contribution is 0.438. The van der Waals surface area contributed by atoms with Crippen LogP contribution in [0.15, 0.2) is 0 Å². The highest BCUT2D eigenvalue weighted by Crippen LogP contribution is 2.16. The number of rotatable bonds is 4. The third kappa shape index (κ3) is 5.23. The largest absolute Gasteiger partial charge is 0.317 e. The Labute approximate surface area is 81.2 Å². The average molecular weight is 206 g/mol. The standard InChI is InChI=1S/C8H18N2O2S/c11-13(12)10-7-4-8-2-1-5-9-6-3-8/h8-9,13H,1-7H2,(H,10,11,12). The van der Waals surface area contributed by atoms with Gasteiger partial charge in [-0.3, -0.25) is 0 Å². The van der Waals surface area contributed by atoms with Crippen LogP contribution in [0.5, 0.6) is 0 Å². The molecule has 0 aromatic rings. The Morgan fingerprint density at radius 2 is 2.15 bits per heavy atom. The van der Waals surface area contributed by atoms with Crippen LogP contribution >= 0.6 is 0 Å². The summed E-state index contributed by atoms with van der Waals surface area (Å²) in [7, 11) is -2.40. The third-order valence-corrected chi connectivity index (χ3v) is 2.97. The van der Waals surface area contributed by atoms with E-state index in [9.17, 15) is 8.42 Å². The molecule has 4 nitrogen and oxygen atoms in total. The highest BCUT2D eigenvalue weighted by Gasteiger charge is 2.10. The van der Waals surface area contributed by atoms with Crippen molar-refractivity contribution in [3.8, 4) is 0 Å². The zero-order chi connectivity index (χ0) is 9.52. The first-order valence-electron chi connectivity index (χ1n) is 4.87. The van der Waals surface area contributed by atoms with Gasteiger partial charge in [0.15, 0.2) is 0 Å². The van der Waals surface area contributed by atoms with E-state index in [0.717, 1.165) is 19.5 Å². The van der Waals surface area contributed by atoms with Crippen LogP contribution < -0.4 is 10.0 Å². The second-order valence-corrected chi connectivity index (χ2v) is 4.33. The molecule has 0 aromatic heterocycles. The molecular formula is C8H18N2O2S. The lowest BCUT2D eigenvalue weighted by Crippen LogP contribution is -2.17. The SMILES string of the molecule is O=[SH](=O)NCCC1CCCNCC1. The molecule has 0 bridgehead atoms. The van der Waals surface area contributed by atoms with Crippen LogP contribution in [0.2, 0.25) is 0 Å². The van der Waals surface area contributed by atoms with Crippen molar-refractivity contribution in [1.29, 1.82) is 0 Å². The van der Waals surface area contributed by atoms with Crippen LogP contribution in [0.4, 0.5) is 0 Å². The van der Waals surface area contributed by atoms with Gasteiger partial charge in [-0.1, -0.05) is 0 Å². The van der Waals surface area contributed by atoms with Crippen molar-refractivity contribution < 1.29 is 8.42 Å². The minimum absolute atomic E-state index is 0.601. The molecule has 5 heteroatoms. The molecule has 1 unspecified atom stereocenters. The van der Waals surface area contributed by atoms with E-state index in [1.54, 1.807) is 0 Å². The first kappa shape index (κ1) is 10.9. The van der Waals surface area contributed by atoms with E-state index in [0.29, 0.717) is 12.5 Å². The molecule has 0 spiro atoms. The molecule has 2 N–H and O–H groups in total. The van der Waals surface area contributed by atoms with Crippen molar-refractivity contribution in [1.82, 2.24) is 10.0 Å². The van der Waals surface area contributed by atoms with Gasteiger partial charge in [0.1, 0.15) is 0 Å². The first-order valence-corrected chi connectivity index (χ1v) is 6.05.